The molecule has 1 unspecified atom stereocenters. The number of fused-ring (bicyclic) bond motifs is 1. The van der Waals surface area contributed by atoms with E-state index in [0.29, 0.717) is 12.1 Å². The molecule has 2 aromatic rings. The van der Waals surface area contributed by atoms with E-state index in [1.807, 2.05) is 0 Å². The Hall–Kier alpha value is -1.34. The fourth-order valence-electron chi connectivity index (χ4n) is 3.56. The van der Waals surface area contributed by atoms with Crippen LogP contribution in [0.2, 0.25) is 0 Å². The molecule has 2 atom stereocenters. The molecule has 1 heteroatoms. The molecule has 20 heavy (non-hydrogen) atoms. The first-order valence-corrected chi connectivity index (χ1v) is 7.99. The van der Waals surface area contributed by atoms with E-state index in [-0.39, 0.29) is 0 Å². The molecule has 1 aliphatic rings. The van der Waals surface area contributed by atoms with E-state index in [1.165, 1.54) is 42.0 Å². The molecule has 0 aliphatic heterocycles. The largest absolute Gasteiger partial charge is 0.307 e. The summed E-state index contributed by atoms with van der Waals surface area (Å²) in [5, 5.41) is 6.47. The SMILES string of the molecule is CC(N[C@@H](C)C1CCCC1)c1ccc2ccccc2c1. The Morgan fingerprint density at radius 3 is 2.40 bits per heavy atom. The Bertz CT molecular complexity index is 569. The van der Waals surface area contributed by atoms with Crippen LogP contribution in [0.3, 0.4) is 0 Å². The van der Waals surface area contributed by atoms with Gasteiger partial charge in [0.25, 0.3) is 0 Å². The maximum absolute atomic E-state index is 3.80. The number of benzene rings is 2. The number of hydrogen-bond donors (Lipinski definition) is 1. The Labute approximate surface area is 122 Å². The number of nitrogens with one attached hydrogen (secondary N) is 1. The lowest BCUT2D eigenvalue weighted by Gasteiger charge is -2.25. The van der Waals surface area contributed by atoms with E-state index in [2.05, 4.69) is 61.6 Å². The number of hydrogen-bond acceptors (Lipinski definition) is 1. The van der Waals surface area contributed by atoms with Gasteiger partial charge in [-0.25, -0.2) is 0 Å². The van der Waals surface area contributed by atoms with Crippen molar-refractivity contribution in [3.05, 3.63) is 48.0 Å². The van der Waals surface area contributed by atoms with Gasteiger partial charge in [0, 0.05) is 12.1 Å². The van der Waals surface area contributed by atoms with E-state index in [4.69, 9.17) is 0 Å². The van der Waals surface area contributed by atoms with Crippen LogP contribution in [0.5, 0.6) is 0 Å². The third-order valence-corrected chi connectivity index (χ3v) is 4.89. The second-order valence-electron chi connectivity index (χ2n) is 6.33. The van der Waals surface area contributed by atoms with Crippen LogP contribution in [0, 0.1) is 5.92 Å². The summed E-state index contributed by atoms with van der Waals surface area (Å²) in [6.45, 7) is 4.64. The van der Waals surface area contributed by atoms with Crippen molar-refractivity contribution < 1.29 is 0 Å². The minimum Gasteiger partial charge on any atom is -0.307 e. The van der Waals surface area contributed by atoms with Crippen molar-refractivity contribution in [2.75, 3.05) is 0 Å². The number of rotatable bonds is 4. The molecule has 0 saturated heterocycles. The summed E-state index contributed by atoms with van der Waals surface area (Å²) in [5.41, 5.74) is 1.40. The summed E-state index contributed by atoms with van der Waals surface area (Å²) in [6.07, 6.45) is 5.64. The quantitative estimate of drug-likeness (QED) is 0.815. The first kappa shape index (κ1) is 13.6. The van der Waals surface area contributed by atoms with Gasteiger partial charge in [-0.05, 0) is 55.0 Å². The van der Waals surface area contributed by atoms with Crippen molar-refractivity contribution in [1.29, 1.82) is 0 Å². The van der Waals surface area contributed by atoms with Crippen LogP contribution in [0.4, 0.5) is 0 Å². The van der Waals surface area contributed by atoms with Crippen LogP contribution in [-0.2, 0) is 0 Å². The van der Waals surface area contributed by atoms with Gasteiger partial charge in [-0.1, -0.05) is 49.2 Å². The summed E-state index contributed by atoms with van der Waals surface area (Å²) < 4.78 is 0. The van der Waals surface area contributed by atoms with Gasteiger partial charge < -0.3 is 5.32 Å². The highest BCUT2D eigenvalue weighted by Gasteiger charge is 2.22. The van der Waals surface area contributed by atoms with Crippen molar-refractivity contribution in [2.24, 2.45) is 5.92 Å². The maximum Gasteiger partial charge on any atom is 0.0294 e. The van der Waals surface area contributed by atoms with Crippen LogP contribution >= 0.6 is 0 Å². The second kappa shape index (κ2) is 5.97. The predicted octanol–water partition coefficient (Wildman–Crippen LogP) is 5.07. The van der Waals surface area contributed by atoms with E-state index in [1.54, 1.807) is 0 Å². The average Bonchev–Trinajstić information content (AvgIpc) is 3.01. The molecule has 3 rings (SSSR count). The molecule has 0 aromatic heterocycles. The lowest BCUT2D eigenvalue weighted by molar-refractivity contribution is 0.353. The van der Waals surface area contributed by atoms with Crippen molar-refractivity contribution >= 4 is 10.8 Å². The van der Waals surface area contributed by atoms with Gasteiger partial charge >= 0.3 is 0 Å². The van der Waals surface area contributed by atoms with Crippen LogP contribution < -0.4 is 5.32 Å². The molecule has 1 nitrogen and oxygen atoms in total. The fourth-order valence-corrected chi connectivity index (χ4v) is 3.56. The van der Waals surface area contributed by atoms with E-state index in [9.17, 15) is 0 Å². The zero-order chi connectivity index (χ0) is 13.9. The minimum absolute atomic E-state index is 0.426. The maximum atomic E-state index is 3.80. The molecule has 2 aromatic carbocycles. The molecule has 1 N–H and O–H groups in total. The van der Waals surface area contributed by atoms with Crippen LogP contribution in [0.15, 0.2) is 42.5 Å². The Morgan fingerprint density at radius 1 is 0.950 bits per heavy atom. The Morgan fingerprint density at radius 2 is 1.65 bits per heavy atom. The third kappa shape index (κ3) is 2.88. The molecule has 1 aliphatic carbocycles. The van der Waals surface area contributed by atoms with Gasteiger partial charge in [-0.3, -0.25) is 0 Å². The van der Waals surface area contributed by atoms with Crippen LogP contribution in [0.1, 0.15) is 51.1 Å². The Balaban J connectivity index is 1.72. The molecule has 1 saturated carbocycles. The predicted molar refractivity (Wildman–Crippen MR) is 86.9 cm³/mol. The van der Waals surface area contributed by atoms with Crippen LogP contribution in [0.25, 0.3) is 10.8 Å². The molecular formula is C19H25N. The molecule has 0 spiro atoms. The van der Waals surface area contributed by atoms with E-state index >= 15 is 0 Å². The van der Waals surface area contributed by atoms with E-state index < -0.39 is 0 Å². The summed E-state index contributed by atoms with van der Waals surface area (Å²) in [6, 6.07) is 16.5. The van der Waals surface area contributed by atoms with Crippen molar-refractivity contribution in [2.45, 2.75) is 51.6 Å². The van der Waals surface area contributed by atoms with E-state index in [0.717, 1.165) is 5.92 Å². The van der Waals surface area contributed by atoms with Crippen molar-refractivity contribution in [1.82, 2.24) is 5.32 Å². The monoisotopic (exact) mass is 267 g/mol. The molecule has 0 amide bonds. The van der Waals surface area contributed by atoms with Gasteiger partial charge in [0.15, 0.2) is 0 Å². The molecular weight excluding hydrogens is 242 g/mol. The molecule has 0 heterocycles. The lowest BCUT2D eigenvalue weighted by Crippen LogP contribution is -2.34. The minimum atomic E-state index is 0.426. The summed E-state index contributed by atoms with van der Waals surface area (Å²) in [5.74, 6) is 0.873. The molecule has 0 radical (unpaired) electrons. The van der Waals surface area contributed by atoms with Gasteiger partial charge in [-0.2, -0.15) is 0 Å². The topological polar surface area (TPSA) is 12.0 Å². The summed E-state index contributed by atoms with van der Waals surface area (Å²) >= 11 is 0. The third-order valence-electron chi connectivity index (χ3n) is 4.89. The van der Waals surface area contributed by atoms with Crippen molar-refractivity contribution in [3.8, 4) is 0 Å². The first-order chi connectivity index (χ1) is 9.74. The average molecular weight is 267 g/mol. The zero-order valence-electron chi connectivity index (χ0n) is 12.6. The highest BCUT2D eigenvalue weighted by molar-refractivity contribution is 5.83. The highest BCUT2D eigenvalue weighted by Crippen LogP contribution is 2.29. The normalized spacial score (nSPS) is 19.3. The molecule has 1 fully saturated rings. The van der Waals surface area contributed by atoms with Gasteiger partial charge in [-0.15, -0.1) is 0 Å². The molecule has 0 bridgehead atoms. The summed E-state index contributed by atoms with van der Waals surface area (Å²) in [4.78, 5) is 0. The molecule has 106 valence electrons. The first-order valence-electron chi connectivity index (χ1n) is 7.99. The standard InChI is InChI=1S/C19H25N/c1-14(16-7-3-4-8-16)20-15(2)18-12-11-17-9-5-6-10-19(17)13-18/h5-6,9-16,20H,3-4,7-8H2,1-2H3/t14-,15?/m0/s1. The second-order valence-corrected chi connectivity index (χ2v) is 6.33. The van der Waals surface area contributed by atoms with Crippen LogP contribution in [-0.4, -0.2) is 6.04 Å². The highest BCUT2D eigenvalue weighted by atomic mass is 14.9. The summed E-state index contributed by atoms with van der Waals surface area (Å²) in [7, 11) is 0. The fraction of sp³-hybridized carbons (Fsp3) is 0.474. The van der Waals surface area contributed by atoms with Gasteiger partial charge in [0.1, 0.15) is 0 Å². The van der Waals surface area contributed by atoms with Gasteiger partial charge in [0.05, 0.1) is 0 Å². The Kier molecular flexibility index (Phi) is 4.07. The lowest BCUT2D eigenvalue weighted by atomic mass is 9.97. The smallest absolute Gasteiger partial charge is 0.0294 e. The van der Waals surface area contributed by atoms with Crippen molar-refractivity contribution in [3.63, 3.8) is 0 Å². The van der Waals surface area contributed by atoms with Gasteiger partial charge in [0.2, 0.25) is 0 Å². The zero-order valence-corrected chi connectivity index (χ0v) is 12.6.